The number of rotatable bonds is 7. The van der Waals surface area contributed by atoms with Crippen LogP contribution in [0.1, 0.15) is 55.7 Å². The molecule has 32 heavy (non-hydrogen) atoms. The Morgan fingerprint density at radius 3 is 2.72 bits per heavy atom. The molecule has 1 saturated carbocycles. The molecular weight excluding hydrogens is 404 g/mol. The number of carbonyl (C=O) groups is 1. The third kappa shape index (κ3) is 4.31. The Balaban J connectivity index is 1.26. The second kappa shape index (κ2) is 8.48. The summed E-state index contributed by atoms with van der Waals surface area (Å²) in [5.74, 6) is 2.25. The lowest BCUT2D eigenvalue weighted by molar-refractivity contribution is -0.133. The van der Waals surface area contributed by atoms with Crippen LogP contribution in [0.5, 0.6) is 0 Å². The zero-order chi connectivity index (χ0) is 22.1. The summed E-state index contributed by atoms with van der Waals surface area (Å²) in [4.78, 5) is 23.8. The number of hydrogen-bond acceptors (Lipinski definition) is 6. The van der Waals surface area contributed by atoms with Gasteiger partial charge in [0, 0.05) is 49.6 Å². The second-order valence-electron chi connectivity index (χ2n) is 9.37. The topological polar surface area (TPSA) is 89.9 Å². The SMILES string of the molecule is Cc1cc(C)n(CCC(=O)N2CCC(CC3CC3)(c3noc(-c4cccnc4)n3)CC2)n1. The van der Waals surface area contributed by atoms with Gasteiger partial charge in [0.05, 0.1) is 11.3 Å². The van der Waals surface area contributed by atoms with Crippen LogP contribution in [0.25, 0.3) is 11.5 Å². The molecule has 2 fully saturated rings. The molecule has 0 N–H and O–H groups in total. The number of carbonyl (C=O) groups excluding carboxylic acids is 1. The fourth-order valence-corrected chi connectivity index (χ4v) is 4.88. The molecule has 5 rings (SSSR count). The number of aryl methyl sites for hydroxylation is 3. The van der Waals surface area contributed by atoms with E-state index in [0.29, 0.717) is 18.9 Å². The number of amides is 1. The van der Waals surface area contributed by atoms with Crippen LogP contribution >= 0.6 is 0 Å². The average Bonchev–Trinajstić information content (AvgIpc) is 3.35. The first kappa shape index (κ1) is 20.8. The molecule has 0 radical (unpaired) electrons. The van der Waals surface area contributed by atoms with Gasteiger partial charge in [-0.25, -0.2) is 0 Å². The Morgan fingerprint density at radius 1 is 1.25 bits per heavy atom. The van der Waals surface area contributed by atoms with Crippen molar-refractivity contribution in [2.24, 2.45) is 5.92 Å². The number of aromatic nitrogens is 5. The molecule has 3 aromatic heterocycles. The van der Waals surface area contributed by atoms with Gasteiger partial charge in [0.2, 0.25) is 5.91 Å². The zero-order valence-electron chi connectivity index (χ0n) is 18.8. The van der Waals surface area contributed by atoms with E-state index < -0.39 is 0 Å². The van der Waals surface area contributed by atoms with Crippen molar-refractivity contribution in [3.05, 3.63) is 47.8 Å². The average molecular weight is 435 g/mol. The Morgan fingerprint density at radius 2 is 2.06 bits per heavy atom. The van der Waals surface area contributed by atoms with Crippen LogP contribution < -0.4 is 0 Å². The monoisotopic (exact) mass is 434 g/mol. The summed E-state index contributed by atoms with van der Waals surface area (Å²) in [6.07, 6.45) is 9.34. The maximum atomic E-state index is 12.9. The molecule has 3 aromatic rings. The van der Waals surface area contributed by atoms with E-state index in [2.05, 4.69) is 15.2 Å². The van der Waals surface area contributed by atoms with E-state index in [-0.39, 0.29) is 11.3 Å². The van der Waals surface area contributed by atoms with Crippen molar-refractivity contribution in [3.63, 3.8) is 0 Å². The highest BCUT2D eigenvalue weighted by molar-refractivity contribution is 5.76. The van der Waals surface area contributed by atoms with E-state index >= 15 is 0 Å². The third-order valence-corrected chi connectivity index (χ3v) is 6.90. The van der Waals surface area contributed by atoms with E-state index in [9.17, 15) is 4.79 Å². The lowest BCUT2D eigenvalue weighted by atomic mass is 9.73. The first-order chi connectivity index (χ1) is 15.5. The molecule has 8 nitrogen and oxygen atoms in total. The van der Waals surface area contributed by atoms with E-state index in [1.807, 2.05) is 41.6 Å². The fourth-order valence-electron chi connectivity index (χ4n) is 4.88. The number of piperidine rings is 1. The second-order valence-corrected chi connectivity index (χ2v) is 9.37. The zero-order valence-corrected chi connectivity index (χ0v) is 18.8. The number of pyridine rings is 1. The summed E-state index contributed by atoms with van der Waals surface area (Å²) in [5.41, 5.74) is 2.81. The van der Waals surface area contributed by atoms with E-state index in [4.69, 9.17) is 9.51 Å². The molecule has 0 atom stereocenters. The van der Waals surface area contributed by atoms with Gasteiger partial charge < -0.3 is 9.42 Å². The first-order valence-corrected chi connectivity index (χ1v) is 11.6. The molecule has 0 unspecified atom stereocenters. The Bertz CT molecular complexity index is 1080. The highest BCUT2D eigenvalue weighted by atomic mass is 16.5. The van der Waals surface area contributed by atoms with Crippen LogP contribution in [-0.2, 0) is 16.8 Å². The van der Waals surface area contributed by atoms with Gasteiger partial charge in [0.1, 0.15) is 0 Å². The summed E-state index contributed by atoms with van der Waals surface area (Å²) in [6.45, 7) is 6.11. The van der Waals surface area contributed by atoms with Crippen LogP contribution in [0, 0.1) is 19.8 Å². The smallest absolute Gasteiger partial charge is 0.259 e. The van der Waals surface area contributed by atoms with Crippen molar-refractivity contribution in [3.8, 4) is 11.5 Å². The molecule has 8 heteroatoms. The molecule has 2 aliphatic rings. The Labute approximate surface area is 188 Å². The molecule has 1 amide bonds. The molecule has 0 spiro atoms. The minimum absolute atomic E-state index is 0.114. The third-order valence-electron chi connectivity index (χ3n) is 6.90. The van der Waals surface area contributed by atoms with Crippen LogP contribution in [0.4, 0.5) is 0 Å². The van der Waals surface area contributed by atoms with Gasteiger partial charge in [0.25, 0.3) is 5.89 Å². The van der Waals surface area contributed by atoms with Crippen LogP contribution in [0.2, 0.25) is 0 Å². The molecule has 0 aromatic carbocycles. The van der Waals surface area contributed by atoms with E-state index in [1.165, 1.54) is 12.8 Å². The molecule has 1 aliphatic heterocycles. The highest BCUT2D eigenvalue weighted by Gasteiger charge is 2.44. The minimum Gasteiger partial charge on any atom is -0.343 e. The molecule has 0 bridgehead atoms. The largest absolute Gasteiger partial charge is 0.343 e. The van der Waals surface area contributed by atoms with Crippen molar-refractivity contribution in [1.29, 1.82) is 0 Å². The maximum Gasteiger partial charge on any atom is 0.259 e. The summed E-state index contributed by atoms with van der Waals surface area (Å²) in [7, 11) is 0. The van der Waals surface area contributed by atoms with Gasteiger partial charge in [-0.05, 0) is 57.2 Å². The molecule has 168 valence electrons. The van der Waals surface area contributed by atoms with Gasteiger partial charge in [-0.3, -0.25) is 14.5 Å². The van der Waals surface area contributed by atoms with Crippen molar-refractivity contribution in [2.75, 3.05) is 13.1 Å². The lowest BCUT2D eigenvalue weighted by Gasteiger charge is -2.40. The van der Waals surface area contributed by atoms with Crippen molar-refractivity contribution >= 4 is 5.91 Å². The molecular formula is C24H30N6O2. The van der Waals surface area contributed by atoms with Gasteiger partial charge >= 0.3 is 0 Å². The standard InChI is InChI=1S/C24H30N6O2/c1-17-14-18(2)30(27-17)11-7-21(31)29-12-8-24(9-13-29,15-19-5-6-19)23-26-22(32-28-23)20-4-3-10-25-16-20/h3-4,10,14,16,19H,5-9,11-13,15H2,1-2H3. The van der Waals surface area contributed by atoms with Crippen molar-refractivity contribution < 1.29 is 9.32 Å². The highest BCUT2D eigenvalue weighted by Crippen LogP contribution is 2.46. The summed E-state index contributed by atoms with van der Waals surface area (Å²) in [6, 6.07) is 5.85. The lowest BCUT2D eigenvalue weighted by Crippen LogP contribution is -2.46. The van der Waals surface area contributed by atoms with Gasteiger partial charge in [-0.1, -0.05) is 18.0 Å². The van der Waals surface area contributed by atoms with Gasteiger partial charge in [0.15, 0.2) is 5.82 Å². The quantitative estimate of drug-likeness (QED) is 0.563. The van der Waals surface area contributed by atoms with Crippen LogP contribution in [0.15, 0.2) is 35.1 Å². The predicted octanol–water partition coefficient (Wildman–Crippen LogP) is 3.70. The normalized spacial score (nSPS) is 18.1. The maximum absolute atomic E-state index is 12.9. The summed E-state index contributed by atoms with van der Waals surface area (Å²) < 4.78 is 7.54. The van der Waals surface area contributed by atoms with E-state index in [1.54, 1.807) is 12.4 Å². The Kier molecular flexibility index (Phi) is 5.53. The number of hydrogen-bond donors (Lipinski definition) is 0. The van der Waals surface area contributed by atoms with E-state index in [0.717, 1.165) is 61.0 Å². The molecule has 1 aliphatic carbocycles. The molecule has 4 heterocycles. The molecule has 1 saturated heterocycles. The van der Waals surface area contributed by atoms with Crippen molar-refractivity contribution in [1.82, 2.24) is 29.8 Å². The number of nitrogens with zero attached hydrogens (tertiary/aromatic N) is 6. The van der Waals surface area contributed by atoms with Crippen molar-refractivity contribution in [2.45, 2.75) is 64.3 Å². The fraction of sp³-hybridized carbons (Fsp3) is 0.542. The van der Waals surface area contributed by atoms with Gasteiger partial charge in [-0.2, -0.15) is 10.1 Å². The Hall–Kier alpha value is -3.03. The summed E-state index contributed by atoms with van der Waals surface area (Å²) >= 11 is 0. The first-order valence-electron chi connectivity index (χ1n) is 11.6. The van der Waals surface area contributed by atoms with Gasteiger partial charge in [-0.15, -0.1) is 0 Å². The predicted molar refractivity (Wildman–Crippen MR) is 119 cm³/mol. The number of likely N-dealkylation sites (tertiary alicyclic amines) is 1. The minimum atomic E-state index is -0.114. The van der Waals surface area contributed by atoms with Crippen LogP contribution in [0.3, 0.4) is 0 Å². The van der Waals surface area contributed by atoms with Crippen LogP contribution in [-0.4, -0.2) is 48.8 Å². The summed E-state index contributed by atoms with van der Waals surface area (Å²) in [5, 5.41) is 8.87.